The first kappa shape index (κ1) is 14.8. The zero-order valence-electron chi connectivity index (χ0n) is 10.9. The molecule has 1 heterocycles. The summed E-state index contributed by atoms with van der Waals surface area (Å²) >= 11 is 0. The first-order chi connectivity index (χ1) is 8.46. The van der Waals surface area contributed by atoms with Gasteiger partial charge in [0.2, 0.25) is 0 Å². The highest BCUT2D eigenvalue weighted by Crippen LogP contribution is 2.32. The summed E-state index contributed by atoms with van der Waals surface area (Å²) in [6.07, 6.45) is 1.42. The number of hydrogen-bond acceptors (Lipinski definition) is 5. The quantitative estimate of drug-likeness (QED) is 0.562. The van der Waals surface area contributed by atoms with Crippen LogP contribution < -0.4 is 5.59 Å². The summed E-state index contributed by atoms with van der Waals surface area (Å²) in [7, 11) is 0. The Morgan fingerprint density at radius 1 is 1.67 bits per heavy atom. The number of allylic oxidation sites excluding steroid dienone is 1. The number of carbonyl (C=O) groups excluding carboxylic acids is 1. The van der Waals surface area contributed by atoms with Gasteiger partial charge in [0.25, 0.3) is 0 Å². The Balaban J connectivity index is 2.68. The van der Waals surface area contributed by atoms with Gasteiger partial charge in [-0.1, -0.05) is 11.5 Å². The Labute approximate surface area is 107 Å². The predicted octanol–water partition coefficient (Wildman–Crippen LogP) is 1.94. The fourth-order valence-electron chi connectivity index (χ4n) is 1.65. The zero-order valence-corrected chi connectivity index (χ0v) is 10.9. The fourth-order valence-corrected chi connectivity index (χ4v) is 1.65. The highest BCUT2D eigenvalue weighted by molar-refractivity contribution is 5.61. The highest BCUT2D eigenvalue weighted by Gasteiger charge is 2.43. The average molecular weight is 257 g/mol. The van der Waals surface area contributed by atoms with Gasteiger partial charge < -0.3 is 9.47 Å². The van der Waals surface area contributed by atoms with Gasteiger partial charge in [0, 0.05) is 6.92 Å². The Bertz CT molecular complexity index is 346. The maximum atomic E-state index is 12.0. The van der Waals surface area contributed by atoms with Crippen LogP contribution in [-0.4, -0.2) is 35.7 Å². The Morgan fingerprint density at radius 3 is 2.56 bits per heavy atom. The van der Waals surface area contributed by atoms with E-state index in [-0.39, 0.29) is 12.0 Å². The molecule has 0 radical (unpaired) electrons. The minimum Gasteiger partial charge on any atom is -0.417 e. The van der Waals surface area contributed by atoms with Crippen molar-refractivity contribution in [3.63, 3.8) is 0 Å². The summed E-state index contributed by atoms with van der Waals surface area (Å²) in [5, 5.41) is 9.14. The van der Waals surface area contributed by atoms with E-state index in [0.717, 1.165) is 6.42 Å². The lowest BCUT2D eigenvalue weighted by atomic mass is 9.84. The maximum absolute atomic E-state index is 12.0. The molecule has 0 bridgehead atoms. The van der Waals surface area contributed by atoms with Crippen molar-refractivity contribution < 1.29 is 24.1 Å². The van der Waals surface area contributed by atoms with E-state index < -0.39 is 10.7 Å². The smallest absolute Gasteiger partial charge is 0.417 e. The topological polar surface area (TPSA) is 67.8 Å². The predicted molar refractivity (Wildman–Crippen MR) is 65.1 cm³/mol. The van der Waals surface area contributed by atoms with E-state index in [1.165, 1.54) is 6.20 Å². The summed E-state index contributed by atoms with van der Waals surface area (Å²) in [5.74, 6) is 0. The lowest BCUT2D eigenvalue weighted by molar-refractivity contribution is -0.847. The summed E-state index contributed by atoms with van der Waals surface area (Å²) < 4.78 is 9.67. The Morgan fingerprint density at radius 2 is 2.28 bits per heavy atom. The first-order valence-electron chi connectivity index (χ1n) is 5.81. The summed E-state index contributed by atoms with van der Waals surface area (Å²) in [5.41, 5.74) is 2.12. The molecule has 1 atom stereocenters. The molecule has 6 nitrogen and oxygen atoms in total. The number of nitrogens with zero attached hydrogens (tertiary/aromatic N) is 1. The van der Waals surface area contributed by atoms with Crippen LogP contribution in [0.2, 0.25) is 0 Å². The second-order valence-electron chi connectivity index (χ2n) is 4.64. The lowest BCUT2D eigenvalue weighted by Gasteiger charge is -2.40. The summed E-state index contributed by atoms with van der Waals surface area (Å²) in [4.78, 5) is 12.0. The number of quaternary nitrogens is 1. The molecule has 1 unspecified atom stereocenters. The van der Waals surface area contributed by atoms with Gasteiger partial charge in [0.1, 0.15) is 18.5 Å². The van der Waals surface area contributed by atoms with Crippen LogP contribution in [0.5, 0.6) is 0 Å². The van der Waals surface area contributed by atoms with Crippen LogP contribution in [0.3, 0.4) is 0 Å². The molecule has 0 aliphatic carbocycles. The van der Waals surface area contributed by atoms with Gasteiger partial charge in [-0.15, -0.1) is 0 Å². The van der Waals surface area contributed by atoms with Crippen LogP contribution in [-0.2, 0) is 9.47 Å². The van der Waals surface area contributed by atoms with E-state index in [0.29, 0.717) is 18.9 Å². The molecular weight excluding hydrogens is 236 g/mol. The maximum Gasteiger partial charge on any atom is 0.547 e. The standard InChI is InChI=1S/C12H21N2O4/c1-5-12(7-17-8-12)9-18-11(15)14(6-2,13-16)10(3)4/h6,13,16H,2-3,5,7-9H2,1,4H3/q+1. The van der Waals surface area contributed by atoms with E-state index in [1.807, 2.05) is 12.5 Å². The van der Waals surface area contributed by atoms with E-state index in [9.17, 15) is 4.79 Å². The van der Waals surface area contributed by atoms with Crippen molar-refractivity contribution in [2.45, 2.75) is 20.3 Å². The molecule has 0 aromatic heterocycles. The monoisotopic (exact) mass is 257 g/mol. The van der Waals surface area contributed by atoms with Gasteiger partial charge in [-0.2, -0.15) is 4.79 Å². The third-order valence-corrected chi connectivity index (χ3v) is 3.39. The number of nitrogens with one attached hydrogen (secondary N) is 1. The number of hydrogen-bond donors (Lipinski definition) is 2. The van der Waals surface area contributed by atoms with Gasteiger partial charge in [0.15, 0.2) is 0 Å². The van der Waals surface area contributed by atoms with Crippen LogP contribution in [0.1, 0.15) is 20.3 Å². The Hall–Kier alpha value is -1.21. The molecule has 1 aliphatic rings. The van der Waals surface area contributed by atoms with Crippen LogP contribution in [0.15, 0.2) is 25.1 Å². The van der Waals surface area contributed by atoms with Crippen molar-refractivity contribution in [1.29, 1.82) is 0 Å². The van der Waals surface area contributed by atoms with Crippen LogP contribution >= 0.6 is 0 Å². The molecule has 0 saturated carbocycles. The van der Waals surface area contributed by atoms with Crippen molar-refractivity contribution in [1.82, 2.24) is 5.59 Å². The van der Waals surface area contributed by atoms with E-state index in [4.69, 9.17) is 14.7 Å². The molecule has 1 aliphatic heterocycles. The van der Waals surface area contributed by atoms with E-state index >= 15 is 0 Å². The molecule has 1 amide bonds. The van der Waals surface area contributed by atoms with Crippen molar-refractivity contribution in [2.24, 2.45) is 5.41 Å². The molecule has 0 aromatic carbocycles. The molecule has 18 heavy (non-hydrogen) atoms. The van der Waals surface area contributed by atoms with Crippen molar-refractivity contribution >= 4 is 6.09 Å². The van der Waals surface area contributed by atoms with Crippen molar-refractivity contribution in [3.05, 3.63) is 25.1 Å². The Kier molecular flexibility index (Phi) is 4.64. The molecule has 0 spiro atoms. The second kappa shape index (κ2) is 5.62. The van der Waals surface area contributed by atoms with Gasteiger partial charge in [-0.25, -0.2) is 0 Å². The molecule has 1 saturated heterocycles. The average Bonchev–Trinajstić information content (AvgIpc) is 2.30. The van der Waals surface area contributed by atoms with Crippen molar-refractivity contribution in [3.8, 4) is 0 Å². The molecular formula is C12H21N2O4+. The zero-order chi connectivity index (χ0) is 13.8. The third-order valence-electron chi connectivity index (χ3n) is 3.39. The van der Waals surface area contributed by atoms with Crippen LogP contribution in [0.4, 0.5) is 4.79 Å². The normalized spacial score (nSPS) is 20.4. The molecule has 6 heteroatoms. The second-order valence-corrected chi connectivity index (χ2v) is 4.64. The van der Waals surface area contributed by atoms with Gasteiger partial charge in [-0.05, 0) is 25.2 Å². The number of amides is 1. The van der Waals surface area contributed by atoms with Crippen LogP contribution in [0, 0.1) is 5.41 Å². The lowest BCUT2D eigenvalue weighted by Crippen LogP contribution is -2.56. The molecule has 1 rings (SSSR count). The van der Waals surface area contributed by atoms with Gasteiger partial charge in [0.05, 0.1) is 18.6 Å². The minimum atomic E-state index is -0.722. The van der Waals surface area contributed by atoms with E-state index in [1.54, 1.807) is 6.92 Å². The molecule has 2 N–H and O–H groups in total. The van der Waals surface area contributed by atoms with Crippen LogP contribution in [0.25, 0.3) is 0 Å². The largest absolute Gasteiger partial charge is 0.547 e. The molecule has 102 valence electrons. The highest BCUT2D eigenvalue weighted by atomic mass is 16.6. The van der Waals surface area contributed by atoms with Gasteiger partial charge >= 0.3 is 6.09 Å². The van der Waals surface area contributed by atoms with E-state index in [2.05, 4.69) is 13.2 Å². The fraction of sp³-hybridized carbons (Fsp3) is 0.583. The molecule has 0 aromatic rings. The summed E-state index contributed by atoms with van der Waals surface area (Å²) in [6.45, 7) is 12.2. The van der Waals surface area contributed by atoms with Gasteiger partial charge in [-0.3, -0.25) is 5.21 Å². The molecule has 1 fully saturated rings. The minimum absolute atomic E-state index is 0.100. The third kappa shape index (κ3) is 2.46. The number of ether oxygens (including phenoxy) is 2. The number of rotatable bonds is 6. The number of carbonyl (C=O) groups is 1. The first-order valence-corrected chi connectivity index (χ1v) is 5.81. The summed E-state index contributed by atoms with van der Waals surface area (Å²) in [6, 6.07) is 0. The SMILES string of the molecule is C=C[N+](NO)(C(=C)C)C(=O)OCC1(CC)COC1. The van der Waals surface area contributed by atoms with Crippen molar-refractivity contribution in [2.75, 3.05) is 19.8 Å².